The molecule has 110 valence electrons. The zero-order valence-corrected chi connectivity index (χ0v) is 11.3. The number of carboxylic acids is 1. The fourth-order valence-electron chi connectivity index (χ4n) is 2.17. The van der Waals surface area contributed by atoms with Gasteiger partial charge in [0.1, 0.15) is 18.9 Å². The third-order valence-corrected chi connectivity index (χ3v) is 3.07. The van der Waals surface area contributed by atoms with Gasteiger partial charge in [0.2, 0.25) is 5.76 Å². The highest BCUT2D eigenvalue weighted by Crippen LogP contribution is 2.42. The van der Waals surface area contributed by atoms with Gasteiger partial charge in [-0.3, -0.25) is 0 Å². The molecular weight excluding hydrogens is 278 g/mol. The third-order valence-electron chi connectivity index (χ3n) is 3.07. The Hall–Kier alpha value is -2.54. The molecule has 0 aliphatic carbocycles. The average molecular weight is 291 g/mol. The Balaban J connectivity index is 2.07. The average Bonchev–Trinajstić information content (AvgIpc) is 2.98. The fraction of sp³-hybridized carbons (Fsp3) is 0.286. The van der Waals surface area contributed by atoms with Crippen molar-refractivity contribution in [2.24, 2.45) is 0 Å². The summed E-state index contributed by atoms with van der Waals surface area (Å²) in [6, 6.07) is 4.97. The quantitative estimate of drug-likeness (QED) is 0.920. The molecule has 21 heavy (non-hydrogen) atoms. The lowest BCUT2D eigenvalue weighted by molar-refractivity contribution is 0.0652. The van der Waals surface area contributed by atoms with Gasteiger partial charge in [0.05, 0.1) is 6.61 Å². The van der Waals surface area contributed by atoms with Crippen molar-refractivity contribution in [2.45, 2.75) is 6.61 Å². The minimum Gasteiger partial charge on any atom is -0.486 e. The summed E-state index contributed by atoms with van der Waals surface area (Å²) in [6.07, 6.45) is 0. The van der Waals surface area contributed by atoms with E-state index in [-0.39, 0.29) is 5.76 Å². The Labute approximate surface area is 120 Å². The van der Waals surface area contributed by atoms with Gasteiger partial charge in [0.25, 0.3) is 0 Å². The lowest BCUT2D eigenvalue weighted by Crippen LogP contribution is -2.17. The van der Waals surface area contributed by atoms with E-state index in [4.69, 9.17) is 23.8 Å². The monoisotopic (exact) mass is 291 g/mol. The van der Waals surface area contributed by atoms with Gasteiger partial charge in [-0.25, -0.2) is 4.79 Å². The number of carboxylic acid groups (broad SMARTS) is 1. The van der Waals surface area contributed by atoms with Crippen LogP contribution in [-0.4, -0.2) is 36.6 Å². The molecule has 0 atom stereocenters. The largest absolute Gasteiger partial charge is 0.486 e. The molecule has 1 aliphatic heterocycles. The second kappa shape index (κ2) is 5.45. The Morgan fingerprint density at radius 1 is 1.33 bits per heavy atom. The van der Waals surface area contributed by atoms with Crippen LogP contribution < -0.4 is 9.47 Å². The van der Waals surface area contributed by atoms with Crippen molar-refractivity contribution >= 4 is 5.97 Å². The van der Waals surface area contributed by atoms with Crippen LogP contribution in [0.15, 0.2) is 22.7 Å². The molecule has 0 spiro atoms. The van der Waals surface area contributed by atoms with Crippen LogP contribution in [0.5, 0.6) is 11.5 Å². The number of carbonyl (C=O) groups is 1. The van der Waals surface area contributed by atoms with Gasteiger partial charge in [-0.1, -0.05) is 11.2 Å². The van der Waals surface area contributed by atoms with E-state index in [1.165, 1.54) is 6.07 Å². The minimum atomic E-state index is -1.17. The van der Waals surface area contributed by atoms with E-state index in [9.17, 15) is 4.79 Å². The second-order valence-electron chi connectivity index (χ2n) is 4.44. The van der Waals surface area contributed by atoms with Crippen molar-refractivity contribution in [1.82, 2.24) is 5.16 Å². The molecular formula is C14H13NO6. The maximum absolute atomic E-state index is 10.9. The summed E-state index contributed by atoms with van der Waals surface area (Å²) in [5, 5.41) is 12.7. The zero-order valence-electron chi connectivity index (χ0n) is 11.3. The first-order valence-corrected chi connectivity index (χ1v) is 6.31. The molecule has 0 unspecified atom stereocenters. The number of fused-ring (bicyclic) bond motifs is 1. The highest BCUT2D eigenvalue weighted by Gasteiger charge is 2.23. The molecule has 0 saturated carbocycles. The molecule has 3 rings (SSSR count). The molecule has 0 amide bonds. The van der Waals surface area contributed by atoms with Crippen molar-refractivity contribution in [3.63, 3.8) is 0 Å². The predicted octanol–water partition coefficient (Wildman–Crippen LogP) is 1.96. The highest BCUT2D eigenvalue weighted by atomic mass is 16.6. The molecule has 7 nitrogen and oxygen atoms in total. The standard InChI is InChI=1S/C14H13NO6/c1-18-7-8-2-3-9(13-12(8)19-4-5-20-13)10-6-11(14(16)17)21-15-10/h2-3,6H,4-5,7H2,1H3,(H,16,17). The minimum absolute atomic E-state index is 0.226. The van der Waals surface area contributed by atoms with Gasteiger partial charge in [-0.15, -0.1) is 0 Å². The Kier molecular flexibility index (Phi) is 3.49. The molecule has 0 saturated heterocycles. The van der Waals surface area contributed by atoms with Gasteiger partial charge < -0.3 is 23.8 Å². The summed E-state index contributed by atoms with van der Waals surface area (Å²) in [4.78, 5) is 10.9. The summed E-state index contributed by atoms with van der Waals surface area (Å²) in [5.74, 6) is -0.270. The lowest BCUT2D eigenvalue weighted by Gasteiger charge is -2.22. The second-order valence-corrected chi connectivity index (χ2v) is 4.44. The van der Waals surface area contributed by atoms with Crippen LogP contribution in [0.2, 0.25) is 0 Å². The third kappa shape index (κ3) is 2.43. The van der Waals surface area contributed by atoms with E-state index < -0.39 is 5.97 Å². The van der Waals surface area contributed by atoms with Crippen molar-refractivity contribution < 1.29 is 28.6 Å². The zero-order chi connectivity index (χ0) is 14.8. The molecule has 1 aliphatic rings. The number of hydrogen-bond donors (Lipinski definition) is 1. The molecule has 2 aromatic rings. The van der Waals surface area contributed by atoms with E-state index in [1.807, 2.05) is 6.07 Å². The van der Waals surface area contributed by atoms with Crippen LogP contribution in [0.25, 0.3) is 11.3 Å². The Morgan fingerprint density at radius 2 is 2.10 bits per heavy atom. The number of aromatic nitrogens is 1. The number of aromatic carboxylic acids is 1. The van der Waals surface area contributed by atoms with Crippen LogP contribution in [0.1, 0.15) is 16.1 Å². The maximum atomic E-state index is 10.9. The smallest absolute Gasteiger partial charge is 0.374 e. The van der Waals surface area contributed by atoms with Gasteiger partial charge in [-0.05, 0) is 6.07 Å². The first-order valence-electron chi connectivity index (χ1n) is 6.31. The van der Waals surface area contributed by atoms with Crippen molar-refractivity contribution in [3.8, 4) is 22.8 Å². The van der Waals surface area contributed by atoms with Gasteiger partial charge in [0, 0.05) is 24.3 Å². The number of methoxy groups -OCH3 is 1. The number of hydrogen-bond acceptors (Lipinski definition) is 6. The van der Waals surface area contributed by atoms with Crippen LogP contribution in [0.4, 0.5) is 0 Å². The molecule has 0 bridgehead atoms. The predicted molar refractivity (Wildman–Crippen MR) is 70.6 cm³/mol. The summed E-state index contributed by atoms with van der Waals surface area (Å²) in [6.45, 7) is 1.26. The number of rotatable bonds is 4. The topological polar surface area (TPSA) is 91.0 Å². The van der Waals surface area contributed by atoms with Crippen molar-refractivity contribution in [2.75, 3.05) is 20.3 Å². The van der Waals surface area contributed by atoms with Crippen molar-refractivity contribution in [1.29, 1.82) is 0 Å². The fourth-order valence-corrected chi connectivity index (χ4v) is 2.17. The number of benzene rings is 1. The molecule has 1 aromatic carbocycles. The molecule has 1 N–H and O–H groups in total. The van der Waals surface area contributed by atoms with Crippen LogP contribution in [0, 0.1) is 0 Å². The Bertz CT molecular complexity index is 678. The van der Waals surface area contributed by atoms with E-state index in [0.29, 0.717) is 42.6 Å². The summed E-state index contributed by atoms with van der Waals surface area (Å²) in [7, 11) is 1.60. The van der Waals surface area contributed by atoms with E-state index >= 15 is 0 Å². The van der Waals surface area contributed by atoms with Crippen molar-refractivity contribution in [3.05, 3.63) is 29.5 Å². The van der Waals surface area contributed by atoms with E-state index in [1.54, 1.807) is 13.2 Å². The van der Waals surface area contributed by atoms with Crippen LogP contribution in [0.3, 0.4) is 0 Å². The Morgan fingerprint density at radius 3 is 2.76 bits per heavy atom. The normalized spacial score (nSPS) is 13.2. The molecule has 0 fully saturated rings. The van der Waals surface area contributed by atoms with Crippen LogP contribution >= 0.6 is 0 Å². The first kappa shape index (κ1) is 13.4. The van der Waals surface area contributed by atoms with Gasteiger partial charge in [-0.2, -0.15) is 0 Å². The lowest BCUT2D eigenvalue weighted by atomic mass is 10.1. The molecule has 2 heterocycles. The number of ether oxygens (including phenoxy) is 3. The van der Waals surface area contributed by atoms with Gasteiger partial charge >= 0.3 is 5.97 Å². The summed E-state index contributed by atoms with van der Waals surface area (Å²) >= 11 is 0. The maximum Gasteiger partial charge on any atom is 0.374 e. The number of nitrogens with zero attached hydrogens (tertiary/aromatic N) is 1. The summed E-state index contributed by atoms with van der Waals surface area (Å²) in [5.41, 5.74) is 1.87. The molecule has 1 aromatic heterocycles. The molecule has 0 radical (unpaired) electrons. The highest BCUT2D eigenvalue weighted by molar-refractivity contribution is 5.86. The van der Waals surface area contributed by atoms with E-state index in [2.05, 4.69) is 5.16 Å². The first-order chi connectivity index (χ1) is 10.2. The van der Waals surface area contributed by atoms with Crippen LogP contribution in [-0.2, 0) is 11.3 Å². The van der Waals surface area contributed by atoms with Gasteiger partial charge in [0.15, 0.2) is 11.5 Å². The van der Waals surface area contributed by atoms with E-state index in [0.717, 1.165) is 5.56 Å². The molecule has 7 heteroatoms. The summed E-state index contributed by atoms with van der Waals surface area (Å²) < 4.78 is 21.2. The SMILES string of the molecule is COCc1ccc(-c2cc(C(=O)O)on2)c2c1OCCO2.